The Kier molecular flexibility index (Phi) is 2.21. The summed E-state index contributed by atoms with van der Waals surface area (Å²) in [5, 5.41) is 0. The Morgan fingerprint density at radius 3 is 2.73 bits per heavy atom. The molecule has 0 aliphatic heterocycles. The van der Waals surface area contributed by atoms with Gasteiger partial charge in [-0.05, 0) is 26.0 Å². The van der Waals surface area contributed by atoms with Crippen molar-refractivity contribution in [2.75, 3.05) is 0 Å². The largest absolute Gasteiger partial charge is 0.387 e. The number of rotatable bonds is 1. The minimum Gasteiger partial charge on any atom is -0.387 e. The van der Waals surface area contributed by atoms with E-state index in [4.69, 9.17) is 5.73 Å². The molecule has 1 aromatic heterocycles. The van der Waals surface area contributed by atoms with E-state index in [1.807, 2.05) is 19.1 Å². The van der Waals surface area contributed by atoms with Gasteiger partial charge in [0, 0.05) is 5.69 Å². The molecule has 0 unspecified atom stereocenters. The number of aryl methyl sites for hydroxylation is 1. The van der Waals surface area contributed by atoms with Crippen molar-refractivity contribution >= 4 is 11.5 Å². The molecule has 0 atom stereocenters. The van der Waals surface area contributed by atoms with Gasteiger partial charge in [-0.3, -0.25) is 4.98 Å². The van der Waals surface area contributed by atoms with Crippen LogP contribution in [-0.2, 0) is 0 Å². The Labute approximate surface area is 66.0 Å². The average Bonchev–Trinajstić information content (AvgIpc) is 1.93. The number of hydrogen-bond donors (Lipinski definition) is 1. The van der Waals surface area contributed by atoms with Crippen LogP contribution in [0.5, 0.6) is 0 Å². The number of amidine groups is 1. The van der Waals surface area contributed by atoms with Crippen LogP contribution >= 0.6 is 0 Å². The third-order valence-corrected chi connectivity index (χ3v) is 1.20. The summed E-state index contributed by atoms with van der Waals surface area (Å²) in [5.41, 5.74) is 7.17. The molecule has 11 heavy (non-hydrogen) atoms. The van der Waals surface area contributed by atoms with Crippen molar-refractivity contribution < 1.29 is 0 Å². The van der Waals surface area contributed by atoms with Crippen LogP contribution in [0, 0.1) is 6.92 Å². The molecular weight excluding hydrogens is 138 g/mol. The van der Waals surface area contributed by atoms with E-state index in [-0.39, 0.29) is 0 Å². The molecule has 1 aromatic rings. The smallest absolute Gasteiger partial charge is 0.0965 e. The third kappa shape index (κ3) is 2.37. The highest BCUT2D eigenvalue weighted by Crippen LogP contribution is 2.08. The average molecular weight is 149 g/mol. The normalized spacial score (nSPS) is 11.6. The minimum absolute atomic E-state index is 0.552. The fraction of sp³-hybridized carbons (Fsp3) is 0.250. The fourth-order valence-corrected chi connectivity index (χ4v) is 0.730. The summed E-state index contributed by atoms with van der Waals surface area (Å²) in [6, 6.07) is 3.79. The van der Waals surface area contributed by atoms with Gasteiger partial charge in [0.25, 0.3) is 0 Å². The van der Waals surface area contributed by atoms with Crippen LogP contribution < -0.4 is 5.73 Å². The maximum Gasteiger partial charge on any atom is 0.0965 e. The van der Waals surface area contributed by atoms with E-state index in [0.29, 0.717) is 5.84 Å². The summed E-state index contributed by atoms with van der Waals surface area (Å²) in [5.74, 6) is 0.552. The van der Waals surface area contributed by atoms with E-state index in [1.54, 1.807) is 13.1 Å². The number of aliphatic imine (C=N–C) groups is 1. The van der Waals surface area contributed by atoms with Crippen LogP contribution in [0.25, 0.3) is 0 Å². The van der Waals surface area contributed by atoms with E-state index in [9.17, 15) is 0 Å². The molecule has 3 nitrogen and oxygen atoms in total. The summed E-state index contributed by atoms with van der Waals surface area (Å²) >= 11 is 0. The topological polar surface area (TPSA) is 51.3 Å². The third-order valence-electron chi connectivity index (χ3n) is 1.20. The van der Waals surface area contributed by atoms with E-state index in [2.05, 4.69) is 9.98 Å². The predicted octanol–water partition coefficient (Wildman–Crippen LogP) is 1.40. The first-order valence-corrected chi connectivity index (χ1v) is 3.42. The molecule has 0 spiro atoms. The first-order chi connectivity index (χ1) is 5.18. The molecule has 0 aliphatic rings. The second-order valence-electron chi connectivity index (χ2n) is 2.41. The zero-order valence-corrected chi connectivity index (χ0v) is 6.70. The van der Waals surface area contributed by atoms with Crippen molar-refractivity contribution in [3.8, 4) is 0 Å². The van der Waals surface area contributed by atoms with Crippen LogP contribution in [0.1, 0.15) is 12.6 Å². The molecule has 58 valence electrons. The summed E-state index contributed by atoms with van der Waals surface area (Å²) in [7, 11) is 0. The predicted molar refractivity (Wildman–Crippen MR) is 45.9 cm³/mol. The van der Waals surface area contributed by atoms with E-state index in [0.717, 1.165) is 11.4 Å². The summed E-state index contributed by atoms with van der Waals surface area (Å²) in [6.45, 7) is 3.68. The highest BCUT2D eigenvalue weighted by atomic mass is 14.9. The van der Waals surface area contributed by atoms with Gasteiger partial charge in [0.05, 0.1) is 17.7 Å². The lowest BCUT2D eigenvalue weighted by Gasteiger charge is -1.94. The second kappa shape index (κ2) is 3.14. The Morgan fingerprint density at radius 1 is 1.55 bits per heavy atom. The van der Waals surface area contributed by atoms with E-state index >= 15 is 0 Å². The standard InChI is InChI=1S/C8H11N3/c1-6-3-4-8(5-10-6)11-7(2)9/h3-5H,1-2H3,(H2,9,11). The molecular formula is C8H11N3. The molecule has 3 heteroatoms. The fourth-order valence-electron chi connectivity index (χ4n) is 0.730. The summed E-state index contributed by atoms with van der Waals surface area (Å²) < 4.78 is 0. The molecule has 0 fully saturated rings. The Balaban J connectivity index is 2.91. The maximum absolute atomic E-state index is 5.38. The first kappa shape index (κ1) is 7.72. The lowest BCUT2D eigenvalue weighted by Crippen LogP contribution is -2.03. The van der Waals surface area contributed by atoms with Gasteiger partial charge in [0.1, 0.15) is 0 Å². The SMILES string of the molecule is CC(N)=Nc1ccc(C)nc1. The van der Waals surface area contributed by atoms with Gasteiger partial charge in [0.2, 0.25) is 0 Å². The van der Waals surface area contributed by atoms with Gasteiger partial charge < -0.3 is 5.73 Å². The first-order valence-electron chi connectivity index (χ1n) is 3.42. The van der Waals surface area contributed by atoms with Crippen molar-refractivity contribution in [1.29, 1.82) is 0 Å². The van der Waals surface area contributed by atoms with Crippen molar-refractivity contribution in [2.45, 2.75) is 13.8 Å². The Hall–Kier alpha value is -1.38. The van der Waals surface area contributed by atoms with Crippen LogP contribution in [0.3, 0.4) is 0 Å². The van der Waals surface area contributed by atoms with Crippen molar-refractivity contribution in [3.05, 3.63) is 24.0 Å². The van der Waals surface area contributed by atoms with Gasteiger partial charge >= 0.3 is 0 Å². The van der Waals surface area contributed by atoms with E-state index < -0.39 is 0 Å². The number of nitrogens with two attached hydrogens (primary N) is 1. The zero-order chi connectivity index (χ0) is 8.27. The highest BCUT2D eigenvalue weighted by Gasteiger charge is 1.88. The van der Waals surface area contributed by atoms with Crippen molar-refractivity contribution in [3.63, 3.8) is 0 Å². The van der Waals surface area contributed by atoms with Crippen LogP contribution in [-0.4, -0.2) is 10.8 Å². The van der Waals surface area contributed by atoms with Crippen LogP contribution in [0.15, 0.2) is 23.3 Å². The van der Waals surface area contributed by atoms with E-state index in [1.165, 1.54) is 0 Å². The Bertz CT molecular complexity index is 257. The van der Waals surface area contributed by atoms with Crippen LogP contribution in [0.2, 0.25) is 0 Å². The van der Waals surface area contributed by atoms with Gasteiger partial charge in [-0.2, -0.15) is 0 Å². The van der Waals surface area contributed by atoms with Gasteiger partial charge in [-0.15, -0.1) is 0 Å². The lowest BCUT2D eigenvalue weighted by atomic mass is 10.3. The molecule has 0 radical (unpaired) electrons. The summed E-state index contributed by atoms with van der Waals surface area (Å²) in [6.07, 6.45) is 1.70. The maximum atomic E-state index is 5.38. The number of nitrogens with zero attached hydrogens (tertiary/aromatic N) is 2. The zero-order valence-electron chi connectivity index (χ0n) is 6.70. The van der Waals surface area contributed by atoms with Gasteiger partial charge in [0.15, 0.2) is 0 Å². The molecule has 0 saturated carbocycles. The Morgan fingerprint density at radius 2 is 2.27 bits per heavy atom. The monoisotopic (exact) mass is 149 g/mol. The number of hydrogen-bond acceptors (Lipinski definition) is 2. The number of aromatic nitrogens is 1. The molecule has 0 saturated heterocycles. The van der Waals surface area contributed by atoms with Gasteiger partial charge in [-0.25, -0.2) is 4.99 Å². The summed E-state index contributed by atoms with van der Waals surface area (Å²) in [4.78, 5) is 8.10. The quantitative estimate of drug-likeness (QED) is 0.484. The minimum atomic E-state index is 0.552. The van der Waals surface area contributed by atoms with Crippen molar-refractivity contribution in [2.24, 2.45) is 10.7 Å². The second-order valence-corrected chi connectivity index (χ2v) is 2.41. The number of pyridine rings is 1. The molecule has 2 N–H and O–H groups in total. The molecule has 0 aromatic carbocycles. The lowest BCUT2D eigenvalue weighted by molar-refractivity contribution is 1.19. The van der Waals surface area contributed by atoms with Crippen molar-refractivity contribution in [1.82, 2.24) is 4.98 Å². The van der Waals surface area contributed by atoms with Gasteiger partial charge in [-0.1, -0.05) is 0 Å². The molecule has 0 amide bonds. The molecule has 0 bridgehead atoms. The highest BCUT2D eigenvalue weighted by molar-refractivity contribution is 5.80. The molecule has 1 rings (SSSR count). The molecule has 0 aliphatic carbocycles. The van der Waals surface area contributed by atoms with Crippen LogP contribution in [0.4, 0.5) is 5.69 Å². The molecule has 1 heterocycles.